The monoisotopic (exact) mass is 296 g/mol. The summed E-state index contributed by atoms with van der Waals surface area (Å²) in [7, 11) is -10.7. The molecule has 0 aromatic carbocycles. The van der Waals surface area contributed by atoms with Crippen LogP contribution in [0.3, 0.4) is 0 Å². The van der Waals surface area contributed by atoms with Crippen LogP contribution in [0.2, 0.25) is 0 Å². The second-order valence-electron chi connectivity index (χ2n) is 3.06. The van der Waals surface area contributed by atoms with Crippen LogP contribution in [-0.4, -0.2) is 18.2 Å². The smallest absolute Gasteiger partial charge is 1.00 e. The number of nitrogens with zero attached hydrogens (tertiary/aromatic N) is 2. The van der Waals surface area contributed by atoms with Gasteiger partial charge in [0.25, 0.3) is 0 Å². The fraction of sp³-hybridized carbons (Fsp3) is 0.375. The number of hydrogen-bond donors (Lipinski definition) is 0. The minimum absolute atomic E-state index is 0. The van der Waals surface area contributed by atoms with E-state index in [9.17, 15) is 25.2 Å². The van der Waals surface area contributed by atoms with Gasteiger partial charge in [-0.2, -0.15) is 5.26 Å². The molecule has 3 nitrogen and oxygen atoms in total. The fourth-order valence-electron chi connectivity index (χ4n) is 0.825. The van der Waals surface area contributed by atoms with Crippen LogP contribution in [0, 0.1) is 11.3 Å². The Morgan fingerprint density at radius 2 is 1.89 bits per heavy atom. The Labute approximate surface area is 101 Å². The van der Waals surface area contributed by atoms with Crippen molar-refractivity contribution in [2.45, 2.75) is 6.92 Å². The molecule has 0 spiro atoms. The Hall–Kier alpha value is -1.26. The van der Waals surface area contributed by atoms with E-state index in [-0.39, 0.29) is 1.43 Å². The van der Waals surface area contributed by atoms with Gasteiger partial charge < -0.3 is 0 Å². The molecule has 0 aromatic rings. The van der Waals surface area contributed by atoms with Crippen molar-refractivity contribution in [1.29, 1.82) is 5.26 Å². The summed E-state index contributed by atoms with van der Waals surface area (Å²) >= 11 is 0. The Kier molecular flexibility index (Phi) is 4.45. The van der Waals surface area contributed by atoms with Crippen molar-refractivity contribution in [3.63, 3.8) is 0 Å². The molecule has 0 radical (unpaired) electrons. The van der Waals surface area contributed by atoms with Gasteiger partial charge in [-0.05, 0) is 19.1 Å². The predicted molar refractivity (Wildman–Crippen MR) is 55.8 cm³/mol. The first-order valence-electron chi connectivity index (χ1n) is 4.56. The zero-order valence-corrected chi connectivity index (χ0v) is 10.1. The van der Waals surface area contributed by atoms with Gasteiger partial charge in [-0.25, -0.2) is 0 Å². The number of halogens is 6. The average molecular weight is 296 g/mol. The molecule has 0 saturated carbocycles. The SMILES string of the molecule is CCON1C=CC(C#N)=CC1.F[P-](F)(F)(F)(F)F.[H+]. The summed E-state index contributed by atoms with van der Waals surface area (Å²) in [4.78, 5) is 5.17. The Balaban J connectivity index is 0. The largest absolute Gasteiger partial charge is 1.00 e. The van der Waals surface area contributed by atoms with Crippen molar-refractivity contribution < 1.29 is 31.4 Å². The summed E-state index contributed by atoms with van der Waals surface area (Å²) in [6.45, 7) is 3.24. The third kappa shape index (κ3) is 14.7. The van der Waals surface area contributed by atoms with Gasteiger partial charge in [0.15, 0.2) is 0 Å². The first kappa shape index (κ1) is 16.7. The summed E-state index contributed by atoms with van der Waals surface area (Å²) < 4.78 is 59.2. The number of nitriles is 1. The molecular weight excluding hydrogens is 285 g/mol. The van der Waals surface area contributed by atoms with Gasteiger partial charge in [0.1, 0.15) is 0 Å². The second kappa shape index (κ2) is 4.78. The van der Waals surface area contributed by atoms with Gasteiger partial charge in [0.05, 0.1) is 24.8 Å². The maximum Gasteiger partial charge on any atom is 1.00 e. The quantitative estimate of drug-likeness (QED) is 0.547. The first-order chi connectivity index (χ1) is 7.81. The standard InChI is InChI=1S/C8H10N2O.F6P/c1-2-11-10-5-3-8(7-9)4-6-10;1-7(2,3,4,5)6/h3-5H,2,6H2,1H3;/q;-1/p+1. The summed E-state index contributed by atoms with van der Waals surface area (Å²) in [5.41, 5.74) is 0.695. The van der Waals surface area contributed by atoms with E-state index in [2.05, 4.69) is 6.07 Å². The summed E-state index contributed by atoms with van der Waals surface area (Å²) in [6.07, 6.45) is 5.33. The van der Waals surface area contributed by atoms with Crippen LogP contribution < -0.4 is 0 Å². The molecule has 0 bridgehead atoms. The number of allylic oxidation sites excluding steroid dienone is 2. The van der Waals surface area contributed by atoms with Crippen molar-refractivity contribution >= 4 is 7.81 Å². The molecule has 0 fully saturated rings. The Bertz CT molecular complexity index is 387. The average Bonchev–Trinajstić information content (AvgIpc) is 2.15. The molecule has 0 atom stereocenters. The molecule has 0 unspecified atom stereocenters. The van der Waals surface area contributed by atoms with Gasteiger partial charge in [0.2, 0.25) is 0 Å². The molecule has 0 saturated heterocycles. The maximum atomic E-state index is 9.87. The molecule has 1 aliphatic heterocycles. The zero-order chi connectivity index (χ0) is 14.5. The molecule has 1 rings (SSSR count). The fourth-order valence-corrected chi connectivity index (χ4v) is 0.825. The van der Waals surface area contributed by atoms with Gasteiger partial charge in [-0.15, -0.1) is 0 Å². The van der Waals surface area contributed by atoms with Gasteiger partial charge in [0, 0.05) is 6.20 Å². The van der Waals surface area contributed by atoms with E-state index in [0.717, 1.165) is 0 Å². The topological polar surface area (TPSA) is 36.3 Å². The van der Waals surface area contributed by atoms with Crippen molar-refractivity contribution in [3.8, 4) is 6.07 Å². The van der Waals surface area contributed by atoms with E-state index in [1.165, 1.54) is 0 Å². The third-order valence-corrected chi connectivity index (χ3v) is 1.34. The minimum Gasteiger partial charge on any atom is 1.00 e. The van der Waals surface area contributed by atoms with Crippen LogP contribution in [-0.2, 0) is 4.84 Å². The van der Waals surface area contributed by atoms with Crippen LogP contribution in [0.25, 0.3) is 0 Å². The van der Waals surface area contributed by atoms with Crippen molar-refractivity contribution in [1.82, 2.24) is 5.06 Å². The van der Waals surface area contributed by atoms with Crippen molar-refractivity contribution in [3.05, 3.63) is 23.9 Å². The normalized spacial score (nSPS) is 18.8. The summed E-state index contributed by atoms with van der Waals surface area (Å²) in [6, 6.07) is 2.06. The molecule has 106 valence electrons. The molecular formula is C8H11F6N2OP. The van der Waals surface area contributed by atoms with E-state index in [1.54, 1.807) is 17.3 Å². The van der Waals surface area contributed by atoms with Crippen LogP contribution in [0.5, 0.6) is 0 Å². The molecule has 0 N–H and O–H groups in total. The number of rotatable bonds is 2. The van der Waals surface area contributed by atoms with Gasteiger partial charge in [-0.3, -0.25) is 9.90 Å². The first-order valence-corrected chi connectivity index (χ1v) is 6.59. The summed E-state index contributed by atoms with van der Waals surface area (Å²) in [5, 5.41) is 10.2. The van der Waals surface area contributed by atoms with Crippen LogP contribution >= 0.6 is 7.81 Å². The third-order valence-electron chi connectivity index (χ3n) is 1.34. The molecule has 1 heterocycles. The summed E-state index contributed by atoms with van der Waals surface area (Å²) in [5.74, 6) is 0. The molecule has 0 amide bonds. The minimum atomic E-state index is -10.7. The predicted octanol–water partition coefficient (Wildman–Crippen LogP) is 4.71. The second-order valence-corrected chi connectivity index (χ2v) is 4.98. The van der Waals surface area contributed by atoms with E-state index >= 15 is 0 Å². The number of hydrogen-bond acceptors (Lipinski definition) is 3. The van der Waals surface area contributed by atoms with E-state index in [4.69, 9.17) is 10.1 Å². The van der Waals surface area contributed by atoms with E-state index < -0.39 is 7.81 Å². The molecule has 10 heteroatoms. The van der Waals surface area contributed by atoms with Crippen molar-refractivity contribution in [2.24, 2.45) is 0 Å². The molecule has 0 aliphatic carbocycles. The van der Waals surface area contributed by atoms with Gasteiger partial charge >= 0.3 is 34.4 Å². The maximum absolute atomic E-state index is 10.7. The Morgan fingerprint density at radius 1 is 1.39 bits per heavy atom. The van der Waals surface area contributed by atoms with Crippen LogP contribution in [0.15, 0.2) is 23.9 Å². The molecule has 18 heavy (non-hydrogen) atoms. The van der Waals surface area contributed by atoms with E-state index in [0.29, 0.717) is 18.7 Å². The molecule has 0 aromatic heterocycles. The van der Waals surface area contributed by atoms with Crippen LogP contribution in [0.4, 0.5) is 25.2 Å². The van der Waals surface area contributed by atoms with E-state index in [1.807, 2.05) is 13.0 Å². The van der Waals surface area contributed by atoms with Crippen molar-refractivity contribution in [2.75, 3.05) is 13.2 Å². The number of hydroxylamine groups is 2. The van der Waals surface area contributed by atoms with Crippen LogP contribution in [0.1, 0.15) is 8.35 Å². The Morgan fingerprint density at radius 3 is 2.17 bits per heavy atom. The molecule has 1 aliphatic rings. The zero-order valence-electron chi connectivity index (χ0n) is 10.2. The van der Waals surface area contributed by atoms with Gasteiger partial charge in [-0.1, -0.05) is 0 Å².